The molecule has 3 nitrogen and oxygen atoms in total. The summed E-state index contributed by atoms with van der Waals surface area (Å²) in [5.41, 5.74) is 2.24. The van der Waals surface area contributed by atoms with Crippen molar-refractivity contribution in [2.45, 2.75) is 13.8 Å². The Labute approximate surface area is 110 Å². The third-order valence-electron chi connectivity index (χ3n) is 2.74. The minimum atomic E-state index is 0.185. The molecule has 0 atom stereocenters. The first-order valence-corrected chi connectivity index (χ1v) is 6.27. The molecular formula is C14H12N2OS. The first-order valence-electron chi connectivity index (χ1n) is 5.45. The number of aliphatic imine (C=N–C) groups is 1. The van der Waals surface area contributed by atoms with Crippen LogP contribution < -0.4 is 0 Å². The zero-order valence-corrected chi connectivity index (χ0v) is 11.0. The van der Waals surface area contributed by atoms with Crippen LogP contribution in [-0.2, 0) is 0 Å². The molecule has 0 radical (unpaired) electrons. The lowest BCUT2D eigenvalue weighted by Crippen LogP contribution is -1.81. The van der Waals surface area contributed by atoms with Crippen molar-refractivity contribution >= 4 is 22.6 Å². The molecule has 2 rings (SSSR count). The van der Waals surface area contributed by atoms with Gasteiger partial charge >= 0.3 is 0 Å². The highest BCUT2D eigenvalue weighted by Crippen LogP contribution is 2.34. The molecule has 0 aliphatic rings. The summed E-state index contributed by atoms with van der Waals surface area (Å²) in [6.07, 6.45) is 1.58. The van der Waals surface area contributed by atoms with Crippen molar-refractivity contribution in [3.8, 4) is 11.8 Å². The number of aryl methyl sites for hydroxylation is 1. The van der Waals surface area contributed by atoms with E-state index >= 15 is 0 Å². The molecule has 18 heavy (non-hydrogen) atoms. The lowest BCUT2D eigenvalue weighted by atomic mass is 10.2. The van der Waals surface area contributed by atoms with Crippen molar-refractivity contribution in [3.63, 3.8) is 0 Å². The fourth-order valence-corrected chi connectivity index (χ4v) is 2.51. The molecule has 1 aromatic heterocycles. The van der Waals surface area contributed by atoms with Crippen LogP contribution >= 0.6 is 11.3 Å². The van der Waals surface area contributed by atoms with Crippen LogP contribution in [0.2, 0.25) is 0 Å². The van der Waals surface area contributed by atoms with Crippen LogP contribution in [0.1, 0.15) is 21.6 Å². The van der Waals surface area contributed by atoms with Crippen LogP contribution in [0.3, 0.4) is 0 Å². The topological polar surface area (TPSA) is 56.4 Å². The average molecular weight is 256 g/mol. The first-order chi connectivity index (χ1) is 8.63. The maximum Gasteiger partial charge on any atom is 0.134 e. The van der Waals surface area contributed by atoms with E-state index < -0.39 is 0 Å². The standard InChI is InChI=1S/C14H12N2OS/c1-9-10(2)18-14(12(9)7-15)16-8-11-5-3-4-6-13(11)17/h3-6,8,17H,1-2H3/b16-8+. The van der Waals surface area contributed by atoms with Crippen LogP contribution in [0.5, 0.6) is 5.75 Å². The minimum absolute atomic E-state index is 0.185. The number of benzene rings is 1. The number of aromatic hydroxyl groups is 1. The van der Waals surface area contributed by atoms with Gasteiger partial charge in [0.15, 0.2) is 0 Å². The van der Waals surface area contributed by atoms with Crippen LogP contribution in [0.25, 0.3) is 0 Å². The molecule has 0 unspecified atom stereocenters. The molecule has 1 aromatic carbocycles. The van der Waals surface area contributed by atoms with E-state index in [1.165, 1.54) is 11.3 Å². The van der Waals surface area contributed by atoms with Crippen molar-refractivity contribution in [2.24, 2.45) is 4.99 Å². The van der Waals surface area contributed by atoms with Crippen molar-refractivity contribution in [2.75, 3.05) is 0 Å². The van der Waals surface area contributed by atoms with Crippen LogP contribution in [-0.4, -0.2) is 11.3 Å². The van der Waals surface area contributed by atoms with Gasteiger partial charge in [-0.05, 0) is 31.5 Å². The molecule has 90 valence electrons. The Hall–Kier alpha value is -2.12. The van der Waals surface area contributed by atoms with E-state index in [1.807, 2.05) is 19.9 Å². The van der Waals surface area contributed by atoms with E-state index in [0.29, 0.717) is 16.1 Å². The van der Waals surface area contributed by atoms with Gasteiger partial charge in [-0.15, -0.1) is 11.3 Å². The van der Waals surface area contributed by atoms with Gasteiger partial charge in [-0.1, -0.05) is 12.1 Å². The number of phenolic OH excluding ortho intramolecular Hbond substituents is 1. The number of rotatable bonds is 2. The summed E-state index contributed by atoms with van der Waals surface area (Å²) < 4.78 is 0. The van der Waals surface area contributed by atoms with Crippen LogP contribution in [0.15, 0.2) is 29.3 Å². The first kappa shape index (κ1) is 12.3. The second-order valence-corrected chi connectivity index (χ2v) is 5.10. The smallest absolute Gasteiger partial charge is 0.134 e. The molecule has 0 aliphatic heterocycles. The Bertz CT molecular complexity index is 650. The Morgan fingerprint density at radius 2 is 2.06 bits per heavy atom. The van der Waals surface area contributed by atoms with Crippen LogP contribution in [0.4, 0.5) is 5.00 Å². The number of hydrogen-bond donors (Lipinski definition) is 1. The fraction of sp³-hybridized carbons (Fsp3) is 0.143. The zero-order valence-electron chi connectivity index (χ0n) is 10.1. The van der Waals surface area contributed by atoms with Crippen molar-refractivity contribution in [1.29, 1.82) is 5.26 Å². The summed E-state index contributed by atoms with van der Waals surface area (Å²) in [7, 11) is 0. The summed E-state index contributed by atoms with van der Waals surface area (Å²) in [4.78, 5) is 5.39. The molecule has 4 heteroatoms. The van der Waals surface area contributed by atoms with Gasteiger partial charge in [0.2, 0.25) is 0 Å². The monoisotopic (exact) mass is 256 g/mol. The van der Waals surface area contributed by atoms with E-state index in [-0.39, 0.29) is 5.75 Å². The summed E-state index contributed by atoms with van der Waals surface area (Å²) in [6.45, 7) is 3.89. The molecule has 0 saturated carbocycles. The maximum atomic E-state index is 9.62. The summed E-state index contributed by atoms with van der Waals surface area (Å²) in [5.74, 6) is 0.185. The van der Waals surface area contributed by atoms with Gasteiger partial charge in [0, 0.05) is 16.7 Å². The highest BCUT2D eigenvalue weighted by atomic mass is 32.1. The average Bonchev–Trinajstić information content (AvgIpc) is 2.64. The molecule has 0 amide bonds. The van der Waals surface area contributed by atoms with Gasteiger partial charge in [0.25, 0.3) is 0 Å². The highest BCUT2D eigenvalue weighted by Gasteiger charge is 2.10. The van der Waals surface area contributed by atoms with Crippen molar-refractivity contribution < 1.29 is 5.11 Å². The Kier molecular flexibility index (Phi) is 3.45. The largest absolute Gasteiger partial charge is 0.507 e. The second kappa shape index (κ2) is 5.03. The zero-order chi connectivity index (χ0) is 13.1. The number of nitrogens with zero attached hydrogens (tertiary/aromatic N) is 2. The number of hydrogen-bond acceptors (Lipinski definition) is 4. The SMILES string of the molecule is Cc1sc(/N=C/c2ccccc2O)c(C#N)c1C. The van der Waals surface area contributed by atoms with Crippen LogP contribution in [0, 0.1) is 25.2 Å². The molecule has 0 bridgehead atoms. The van der Waals surface area contributed by atoms with Gasteiger partial charge < -0.3 is 5.11 Å². The summed E-state index contributed by atoms with van der Waals surface area (Å²) in [5, 5.41) is 19.4. The number of phenols is 1. The second-order valence-electron chi connectivity index (χ2n) is 3.89. The fourth-order valence-electron chi connectivity index (χ4n) is 1.56. The van der Waals surface area contributed by atoms with E-state index in [0.717, 1.165) is 10.4 Å². The van der Waals surface area contributed by atoms with Gasteiger partial charge in [-0.2, -0.15) is 5.26 Å². The minimum Gasteiger partial charge on any atom is -0.507 e. The van der Waals surface area contributed by atoms with Crippen molar-refractivity contribution in [3.05, 3.63) is 45.8 Å². The predicted molar refractivity (Wildman–Crippen MR) is 73.9 cm³/mol. The molecule has 1 heterocycles. The van der Waals surface area contributed by atoms with Gasteiger partial charge in [0.1, 0.15) is 16.8 Å². The normalized spacial score (nSPS) is 10.7. The molecule has 0 spiro atoms. The van der Waals surface area contributed by atoms with Gasteiger partial charge in [0.05, 0.1) is 5.56 Å². The summed E-state index contributed by atoms with van der Waals surface area (Å²) in [6, 6.07) is 9.14. The van der Waals surface area contributed by atoms with Gasteiger partial charge in [-0.3, -0.25) is 0 Å². The molecule has 0 fully saturated rings. The molecular weight excluding hydrogens is 244 g/mol. The van der Waals surface area contributed by atoms with E-state index in [4.69, 9.17) is 5.26 Å². The number of thiophene rings is 1. The molecule has 1 N–H and O–H groups in total. The maximum absolute atomic E-state index is 9.62. The number of para-hydroxylation sites is 1. The third kappa shape index (κ3) is 2.27. The van der Waals surface area contributed by atoms with Crippen molar-refractivity contribution in [1.82, 2.24) is 0 Å². The number of nitriles is 1. The lowest BCUT2D eigenvalue weighted by Gasteiger charge is -1.96. The highest BCUT2D eigenvalue weighted by molar-refractivity contribution is 7.16. The molecule has 0 aliphatic carbocycles. The Balaban J connectivity index is 2.39. The quantitative estimate of drug-likeness (QED) is 0.833. The van der Waals surface area contributed by atoms with E-state index in [9.17, 15) is 5.11 Å². The third-order valence-corrected chi connectivity index (χ3v) is 3.85. The molecule has 2 aromatic rings. The Morgan fingerprint density at radius 1 is 1.33 bits per heavy atom. The summed E-state index contributed by atoms with van der Waals surface area (Å²) >= 11 is 1.49. The lowest BCUT2D eigenvalue weighted by molar-refractivity contribution is 0.474. The van der Waals surface area contributed by atoms with E-state index in [2.05, 4.69) is 11.1 Å². The predicted octanol–water partition coefficient (Wildman–Crippen LogP) is 3.69. The van der Waals surface area contributed by atoms with Gasteiger partial charge in [-0.25, -0.2) is 4.99 Å². The van der Waals surface area contributed by atoms with E-state index in [1.54, 1.807) is 24.4 Å². The Morgan fingerprint density at radius 3 is 2.72 bits per heavy atom. The molecule has 0 saturated heterocycles.